The van der Waals surface area contributed by atoms with Gasteiger partial charge in [-0.2, -0.15) is 0 Å². The first kappa shape index (κ1) is 15.4. The first-order valence-corrected chi connectivity index (χ1v) is 6.69. The van der Waals surface area contributed by atoms with Gasteiger partial charge in [-0.25, -0.2) is 8.78 Å². The molecule has 0 aliphatic rings. The SMILES string of the molecule is COc1ccc(CC(C)(O)Cc2cccc(F)c2)cc1F. The molecule has 0 aromatic heterocycles. The lowest BCUT2D eigenvalue weighted by atomic mass is 9.90. The summed E-state index contributed by atoms with van der Waals surface area (Å²) in [6.45, 7) is 1.65. The second-order valence-corrected chi connectivity index (χ2v) is 5.45. The van der Waals surface area contributed by atoms with E-state index in [1.807, 2.05) is 0 Å². The Kier molecular flexibility index (Phi) is 4.58. The molecule has 1 unspecified atom stereocenters. The fourth-order valence-electron chi connectivity index (χ4n) is 2.41. The van der Waals surface area contributed by atoms with Crippen LogP contribution in [0.25, 0.3) is 0 Å². The van der Waals surface area contributed by atoms with E-state index >= 15 is 0 Å². The third kappa shape index (κ3) is 4.26. The molecule has 21 heavy (non-hydrogen) atoms. The predicted octanol–water partition coefficient (Wildman–Crippen LogP) is 3.51. The molecule has 2 aromatic rings. The third-order valence-corrected chi connectivity index (χ3v) is 3.28. The number of rotatable bonds is 5. The fourth-order valence-corrected chi connectivity index (χ4v) is 2.41. The van der Waals surface area contributed by atoms with E-state index in [1.54, 1.807) is 25.1 Å². The van der Waals surface area contributed by atoms with Crippen molar-refractivity contribution < 1.29 is 18.6 Å². The maximum atomic E-state index is 13.6. The zero-order chi connectivity index (χ0) is 15.5. The van der Waals surface area contributed by atoms with Crippen LogP contribution in [-0.4, -0.2) is 17.8 Å². The summed E-state index contributed by atoms with van der Waals surface area (Å²) in [5.41, 5.74) is 0.276. The van der Waals surface area contributed by atoms with E-state index in [4.69, 9.17) is 4.74 Å². The maximum Gasteiger partial charge on any atom is 0.165 e. The van der Waals surface area contributed by atoms with Gasteiger partial charge in [-0.3, -0.25) is 0 Å². The minimum Gasteiger partial charge on any atom is -0.494 e. The molecule has 0 saturated heterocycles. The maximum absolute atomic E-state index is 13.6. The van der Waals surface area contributed by atoms with E-state index in [1.165, 1.54) is 31.4 Å². The van der Waals surface area contributed by atoms with Gasteiger partial charge in [-0.1, -0.05) is 18.2 Å². The van der Waals surface area contributed by atoms with Gasteiger partial charge in [0.2, 0.25) is 0 Å². The molecule has 112 valence electrons. The van der Waals surface area contributed by atoms with E-state index in [-0.39, 0.29) is 18.0 Å². The first-order chi connectivity index (χ1) is 9.89. The van der Waals surface area contributed by atoms with Gasteiger partial charge in [0.1, 0.15) is 5.82 Å². The average Bonchev–Trinajstić information content (AvgIpc) is 2.37. The molecule has 0 heterocycles. The highest BCUT2D eigenvalue weighted by Crippen LogP contribution is 2.23. The van der Waals surface area contributed by atoms with E-state index in [2.05, 4.69) is 0 Å². The Morgan fingerprint density at radius 1 is 1.05 bits per heavy atom. The van der Waals surface area contributed by atoms with Crippen LogP contribution in [0.5, 0.6) is 5.75 Å². The van der Waals surface area contributed by atoms with Crippen LogP contribution < -0.4 is 4.74 Å². The van der Waals surface area contributed by atoms with Crippen molar-refractivity contribution in [3.8, 4) is 5.75 Å². The molecule has 0 amide bonds. The smallest absolute Gasteiger partial charge is 0.165 e. The van der Waals surface area contributed by atoms with Crippen LogP contribution in [0, 0.1) is 11.6 Å². The number of halogens is 2. The summed E-state index contributed by atoms with van der Waals surface area (Å²) in [5.74, 6) is -0.626. The molecule has 2 aromatic carbocycles. The summed E-state index contributed by atoms with van der Waals surface area (Å²) in [6.07, 6.45) is 0.558. The van der Waals surface area contributed by atoms with Crippen molar-refractivity contribution in [2.75, 3.05) is 7.11 Å². The highest BCUT2D eigenvalue weighted by molar-refractivity contribution is 5.30. The molecule has 0 saturated carbocycles. The predicted molar refractivity (Wildman–Crippen MR) is 77.4 cm³/mol. The largest absolute Gasteiger partial charge is 0.494 e. The summed E-state index contributed by atoms with van der Waals surface area (Å²) in [6, 6.07) is 10.7. The van der Waals surface area contributed by atoms with Crippen molar-refractivity contribution in [2.45, 2.75) is 25.4 Å². The summed E-state index contributed by atoms with van der Waals surface area (Å²) in [7, 11) is 1.40. The van der Waals surface area contributed by atoms with Crippen LogP contribution in [0.3, 0.4) is 0 Å². The molecular weight excluding hydrogens is 274 g/mol. The molecule has 1 atom stereocenters. The molecule has 0 aliphatic carbocycles. The highest BCUT2D eigenvalue weighted by atomic mass is 19.1. The number of methoxy groups -OCH3 is 1. The topological polar surface area (TPSA) is 29.5 Å². The standard InChI is InChI=1S/C17H18F2O2/c1-17(20,10-12-4-3-5-14(18)8-12)11-13-6-7-16(21-2)15(19)9-13/h3-9,20H,10-11H2,1-2H3. The molecule has 1 N–H and O–H groups in total. The van der Waals surface area contributed by atoms with Gasteiger partial charge in [-0.15, -0.1) is 0 Å². The van der Waals surface area contributed by atoms with Crippen molar-refractivity contribution in [1.29, 1.82) is 0 Å². The summed E-state index contributed by atoms with van der Waals surface area (Å²) < 4.78 is 31.7. The number of benzene rings is 2. The molecule has 2 rings (SSSR count). The highest BCUT2D eigenvalue weighted by Gasteiger charge is 2.22. The van der Waals surface area contributed by atoms with Crippen molar-refractivity contribution in [2.24, 2.45) is 0 Å². The molecule has 0 spiro atoms. The first-order valence-electron chi connectivity index (χ1n) is 6.69. The van der Waals surface area contributed by atoms with Gasteiger partial charge < -0.3 is 9.84 Å². The zero-order valence-corrected chi connectivity index (χ0v) is 12.1. The minimum absolute atomic E-state index is 0.170. The van der Waals surface area contributed by atoms with Crippen molar-refractivity contribution in [1.82, 2.24) is 0 Å². The molecule has 0 bridgehead atoms. The Balaban J connectivity index is 2.11. The van der Waals surface area contributed by atoms with Crippen LogP contribution in [-0.2, 0) is 12.8 Å². The van der Waals surface area contributed by atoms with E-state index in [9.17, 15) is 13.9 Å². The molecule has 0 radical (unpaired) electrons. The van der Waals surface area contributed by atoms with Crippen LogP contribution in [0.2, 0.25) is 0 Å². The van der Waals surface area contributed by atoms with E-state index in [0.717, 1.165) is 0 Å². The molecule has 0 fully saturated rings. The van der Waals surface area contributed by atoms with Crippen molar-refractivity contribution in [3.63, 3.8) is 0 Å². The minimum atomic E-state index is -1.09. The lowest BCUT2D eigenvalue weighted by Crippen LogP contribution is -2.30. The third-order valence-electron chi connectivity index (χ3n) is 3.28. The van der Waals surface area contributed by atoms with Gasteiger partial charge >= 0.3 is 0 Å². The van der Waals surface area contributed by atoms with Gasteiger partial charge in [0, 0.05) is 12.8 Å². The quantitative estimate of drug-likeness (QED) is 0.914. The van der Waals surface area contributed by atoms with Crippen LogP contribution in [0.15, 0.2) is 42.5 Å². The Labute approximate surface area is 123 Å². The zero-order valence-electron chi connectivity index (χ0n) is 12.1. The van der Waals surface area contributed by atoms with Gasteiger partial charge in [0.25, 0.3) is 0 Å². The van der Waals surface area contributed by atoms with Crippen molar-refractivity contribution in [3.05, 3.63) is 65.2 Å². The normalized spacial score (nSPS) is 13.8. The monoisotopic (exact) mass is 292 g/mol. The van der Waals surface area contributed by atoms with Gasteiger partial charge in [0.15, 0.2) is 11.6 Å². The number of hydrogen-bond donors (Lipinski definition) is 1. The number of ether oxygens (including phenoxy) is 1. The Morgan fingerprint density at radius 3 is 2.29 bits per heavy atom. The molecule has 0 aliphatic heterocycles. The van der Waals surface area contributed by atoms with E-state index < -0.39 is 11.4 Å². The summed E-state index contributed by atoms with van der Waals surface area (Å²) >= 11 is 0. The lowest BCUT2D eigenvalue weighted by Gasteiger charge is -2.23. The molecular formula is C17H18F2O2. The Morgan fingerprint density at radius 2 is 1.71 bits per heavy atom. The average molecular weight is 292 g/mol. The van der Waals surface area contributed by atoms with Gasteiger partial charge in [0.05, 0.1) is 12.7 Å². The summed E-state index contributed by atoms with van der Waals surface area (Å²) in [4.78, 5) is 0. The fraction of sp³-hybridized carbons (Fsp3) is 0.294. The van der Waals surface area contributed by atoms with E-state index in [0.29, 0.717) is 17.5 Å². The molecule has 2 nitrogen and oxygen atoms in total. The van der Waals surface area contributed by atoms with Crippen LogP contribution in [0.4, 0.5) is 8.78 Å². The van der Waals surface area contributed by atoms with Crippen LogP contribution in [0.1, 0.15) is 18.1 Å². The number of aliphatic hydroxyl groups is 1. The van der Waals surface area contributed by atoms with Crippen molar-refractivity contribution >= 4 is 0 Å². The lowest BCUT2D eigenvalue weighted by molar-refractivity contribution is 0.0607. The second kappa shape index (κ2) is 6.22. The van der Waals surface area contributed by atoms with Gasteiger partial charge in [-0.05, 0) is 42.3 Å². The number of hydrogen-bond acceptors (Lipinski definition) is 2. The molecule has 4 heteroatoms. The Hall–Kier alpha value is -1.94. The second-order valence-electron chi connectivity index (χ2n) is 5.45. The van der Waals surface area contributed by atoms with Crippen LogP contribution >= 0.6 is 0 Å². The Bertz CT molecular complexity index is 624. The summed E-state index contributed by atoms with van der Waals surface area (Å²) in [5, 5.41) is 10.5.